The maximum Gasteiger partial charge on any atom is 0.327 e. The Kier molecular flexibility index (Phi) is 17.0. The van der Waals surface area contributed by atoms with Crippen LogP contribution in [0.4, 0.5) is 0 Å². The third-order valence-corrected chi connectivity index (χ3v) is 11.5. The second kappa shape index (κ2) is 19.2. The molecule has 0 aromatic heterocycles. The molecule has 4 aliphatic rings. The van der Waals surface area contributed by atoms with E-state index >= 15 is 0 Å². The highest BCUT2D eigenvalue weighted by Crippen LogP contribution is 2.47. The van der Waals surface area contributed by atoms with Gasteiger partial charge in [-0.15, -0.1) is 0 Å². The molecule has 276 valence electrons. The topological polar surface area (TPSA) is 168 Å². The Balaban J connectivity index is 0.000000261. The predicted octanol–water partition coefficient (Wildman–Crippen LogP) is 1.80. The van der Waals surface area contributed by atoms with E-state index in [1.165, 1.54) is 13.8 Å². The lowest BCUT2D eigenvalue weighted by Crippen LogP contribution is -2.35. The minimum Gasteiger partial charge on any atom is -0.756 e. The van der Waals surface area contributed by atoms with Gasteiger partial charge in [-0.3, -0.25) is 9.13 Å². The molecule has 16 atom stereocenters. The van der Waals surface area contributed by atoms with Gasteiger partial charge in [0, 0.05) is 58.9 Å². The van der Waals surface area contributed by atoms with Gasteiger partial charge in [0.1, 0.15) is 40.1 Å². The fourth-order valence-corrected chi connectivity index (χ4v) is 8.14. The average Bonchev–Trinajstić information content (AvgIpc) is 3.74. The van der Waals surface area contributed by atoms with E-state index in [2.05, 4.69) is 0 Å². The lowest BCUT2D eigenvalue weighted by Gasteiger charge is -2.31. The summed E-state index contributed by atoms with van der Waals surface area (Å²) in [4.78, 5) is 12.3. The van der Waals surface area contributed by atoms with Gasteiger partial charge in [0.25, 0.3) is 7.82 Å². The van der Waals surface area contributed by atoms with Crippen molar-refractivity contribution in [2.75, 3.05) is 61.5 Å². The summed E-state index contributed by atoms with van der Waals surface area (Å²) in [6.07, 6.45) is -1.86. The summed E-state index contributed by atoms with van der Waals surface area (Å²) in [5.41, 5.74) is 0. The minimum atomic E-state index is -4.52. The number of rotatable bonds is 16. The van der Waals surface area contributed by atoms with E-state index in [9.17, 15) is 14.0 Å². The number of methoxy groups -OCH3 is 4. The van der Waals surface area contributed by atoms with Crippen molar-refractivity contribution in [1.82, 2.24) is 0 Å². The fourth-order valence-electron chi connectivity index (χ4n) is 6.21. The normalized spacial score (nSPS) is 42.3. The summed E-state index contributed by atoms with van der Waals surface area (Å²) in [6, 6.07) is -0.803. The van der Waals surface area contributed by atoms with E-state index in [0.29, 0.717) is 12.8 Å². The Bertz CT molecular complexity index is 1030. The zero-order valence-electron chi connectivity index (χ0n) is 29.5. The highest BCUT2D eigenvalue weighted by molar-refractivity contribution is 7.52. The van der Waals surface area contributed by atoms with E-state index in [1.807, 2.05) is 27.7 Å². The predicted molar refractivity (Wildman–Crippen MR) is 173 cm³/mol. The molecular formula is C29H53B2O15P2-. The van der Waals surface area contributed by atoms with Crippen molar-refractivity contribution in [2.24, 2.45) is 11.8 Å². The van der Waals surface area contributed by atoms with Crippen molar-refractivity contribution in [3.05, 3.63) is 0 Å². The van der Waals surface area contributed by atoms with E-state index in [0.717, 1.165) is 0 Å². The van der Waals surface area contributed by atoms with Crippen LogP contribution in [0.25, 0.3) is 0 Å². The van der Waals surface area contributed by atoms with E-state index in [4.69, 9.17) is 71.7 Å². The quantitative estimate of drug-likeness (QED) is 0.167. The molecule has 0 aliphatic carbocycles. The summed E-state index contributed by atoms with van der Waals surface area (Å²) in [5.74, 6) is 0.0567. The molecule has 0 bridgehead atoms. The molecule has 4 rings (SSSR count). The van der Waals surface area contributed by atoms with Crippen LogP contribution < -0.4 is 4.89 Å². The van der Waals surface area contributed by atoms with E-state index in [-0.39, 0.29) is 81.0 Å². The average molecular weight is 725 g/mol. The molecular weight excluding hydrogens is 672 g/mol. The van der Waals surface area contributed by atoms with E-state index in [1.54, 1.807) is 21.3 Å². The van der Waals surface area contributed by atoms with Crippen molar-refractivity contribution in [3.63, 3.8) is 0 Å². The SMILES string of the molecule is COC[C@H]1O[C@@H](C)[C@@H](C)C1OP(=O)([O-])OC[C@H]1O[C@@H](C)[C@@H](C)C1OC.[B]C1CC(OC)C(COP(C)(=O)OC[C@H]2O[C@@H]([B])CC2OC)O1. The van der Waals surface area contributed by atoms with Gasteiger partial charge < -0.3 is 60.9 Å². The standard InChI is InChI=1S/C16H31O8P.C13H23B2O7P/c1-9-11(3)23-14(15(9)20-6)8-21-25(17,18)24-16-10(2)12(4)22-13(16)7-19-5;1-17-8-4-12(14)21-10(8)6-19-23(3,16)20-7-11-9(18-2)5-13(15)22-11/h9-16H,7-8H2,1-6H3,(H,17,18);8-13H,4-7H2,1-3H3/p-1/t9-,10-,11+,12+,13-,14-,15?,16?;8?,9?,10-,11?,12-,13?,23?/m11/s1. The summed E-state index contributed by atoms with van der Waals surface area (Å²) in [6.45, 7) is 9.38. The number of hydrogen-bond donors (Lipinski definition) is 0. The largest absolute Gasteiger partial charge is 0.756 e. The smallest absolute Gasteiger partial charge is 0.327 e. The van der Waals surface area contributed by atoms with Gasteiger partial charge in [0.15, 0.2) is 0 Å². The molecule has 48 heavy (non-hydrogen) atoms. The summed E-state index contributed by atoms with van der Waals surface area (Å²) in [5, 5.41) is 0. The van der Waals surface area contributed by atoms with Crippen molar-refractivity contribution in [3.8, 4) is 0 Å². The molecule has 19 heteroatoms. The molecule has 4 heterocycles. The molecule has 0 N–H and O–H groups in total. The second-order valence-electron chi connectivity index (χ2n) is 12.8. The Morgan fingerprint density at radius 1 is 0.646 bits per heavy atom. The van der Waals surface area contributed by atoms with Crippen LogP contribution in [0.2, 0.25) is 0 Å². The highest BCUT2D eigenvalue weighted by Gasteiger charge is 2.44. The summed E-state index contributed by atoms with van der Waals surface area (Å²) < 4.78 is 89.3. The summed E-state index contributed by atoms with van der Waals surface area (Å²) >= 11 is 0. The van der Waals surface area contributed by atoms with Gasteiger partial charge in [0.2, 0.25) is 0 Å². The molecule has 4 fully saturated rings. The van der Waals surface area contributed by atoms with Gasteiger partial charge in [-0.25, -0.2) is 0 Å². The molecule has 0 spiro atoms. The lowest BCUT2D eigenvalue weighted by molar-refractivity contribution is -0.235. The molecule has 0 aromatic rings. The molecule has 15 nitrogen and oxygen atoms in total. The van der Waals surface area contributed by atoms with Crippen LogP contribution in [0.3, 0.4) is 0 Å². The first-order chi connectivity index (χ1) is 22.5. The zero-order chi connectivity index (χ0) is 35.8. The van der Waals surface area contributed by atoms with Crippen LogP contribution >= 0.6 is 15.4 Å². The number of hydrogen-bond acceptors (Lipinski definition) is 15. The second-order valence-corrected chi connectivity index (χ2v) is 16.2. The monoisotopic (exact) mass is 725 g/mol. The van der Waals surface area contributed by atoms with Gasteiger partial charge in [-0.2, -0.15) is 0 Å². The minimum absolute atomic E-state index is 0.0271. The molecule has 4 aliphatic heterocycles. The number of ether oxygens (including phenoxy) is 8. The third-order valence-electron chi connectivity index (χ3n) is 9.29. The highest BCUT2D eigenvalue weighted by atomic mass is 31.2. The molecule has 4 radical (unpaired) electrons. The van der Waals surface area contributed by atoms with E-state index < -0.39 is 45.7 Å². The van der Waals surface area contributed by atoms with Gasteiger partial charge in [-0.05, 0) is 26.7 Å². The zero-order valence-corrected chi connectivity index (χ0v) is 31.3. The Labute approximate surface area is 287 Å². The van der Waals surface area contributed by atoms with Crippen molar-refractivity contribution in [2.45, 2.75) is 114 Å². The van der Waals surface area contributed by atoms with Gasteiger partial charge in [0.05, 0.1) is 63.1 Å². The fraction of sp³-hybridized carbons (Fsp3) is 1.00. The molecule has 4 saturated heterocycles. The first-order valence-corrected chi connectivity index (χ1v) is 19.7. The summed E-state index contributed by atoms with van der Waals surface area (Å²) in [7, 11) is 9.92. The van der Waals surface area contributed by atoms with Crippen molar-refractivity contribution < 1.29 is 70.0 Å². The van der Waals surface area contributed by atoms with Gasteiger partial charge >= 0.3 is 7.60 Å². The Morgan fingerprint density at radius 3 is 1.52 bits per heavy atom. The molecule has 0 saturated carbocycles. The van der Waals surface area contributed by atoms with Crippen molar-refractivity contribution >= 4 is 31.1 Å². The Hall–Kier alpha value is 0.0699. The molecule has 8 unspecified atom stereocenters. The van der Waals surface area contributed by atoms with Gasteiger partial charge in [-0.1, -0.05) is 13.8 Å². The lowest BCUT2D eigenvalue weighted by atomic mass is 9.96. The molecule has 0 aromatic carbocycles. The van der Waals surface area contributed by atoms with Crippen LogP contribution in [0.5, 0.6) is 0 Å². The third kappa shape index (κ3) is 12.1. The molecule has 0 amide bonds. The number of phosphoric acid groups is 1. The number of phosphoric ester groups is 1. The van der Waals surface area contributed by atoms with Crippen molar-refractivity contribution in [1.29, 1.82) is 0 Å². The first kappa shape index (κ1) is 42.5. The first-order valence-electron chi connectivity index (χ1n) is 16.3. The van der Waals surface area contributed by atoms with Crippen LogP contribution in [-0.4, -0.2) is 150 Å². The van der Waals surface area contributed by atoms with Crippen LogP contribution in [0.1, 0.15) is 40.5 Å². The Morgan fingerprint density at radius 2 is 1.08 bits per heavy atom. The van der Waals surface area contributed by atoms with Crippen LogP contribution in [-0.2, 0) is 65.1 Å². The maximum absolute atomic E-state index is 12.4. The van der Waals surface area contributed by atoms with Crippen LogP contribution in [0.15, 0.2) is 0 Å². The maximum atomic E-state index is 12.4. The van der Waals surface area contributed by atoms with Crippen LogP contribution in [0, 0.1) is 11.8 Å².